The number of carbonyl (C=O) groups is 1. The molecule has 1 saturated heterocycles. The van der Waals surface area contributed by atoms with E-state index in [1.165, 1.54) is 0 Å². The van der Waals surface area contributed by atoms with Crippen molar-refractivity contribution in [2.75, 3.05) is 31.1 Å². The molecule has 120 valence electrons. The number of rotatable bonds is 3. The van der Waals surface area contributed by atoms with Gasteiger partial charge in [0.1, 0.15) is 6.07 Å². The maximum Gasteiger partial charge on any atom is 0.223 e. The minimum absolute atomic E-state index is 0.275. The van der Waals surface area contributed by atoms with Crippen LogP contribution in [0, 0.1) is 17.2 Å². The Morgan fingerprint density at radius 3 is 2.87 bits per heavy atom. The fourth-order valence-electron chi connectivity index (χ4n) is 3.47. The lowest BCUT2D eigenvalue weighted by Gasteiger charge is -2.25. The van der Waals surface area contributed by atoms with Gasteiger partial charge in [-0.05, 0) is 37.3 Å². The third-order valence-electron chi connectivity index (χ3n) is 4.76. The number of hydrogen-bond donors (Lipinski definition) is 0. The lowest BCUT2D eigenvalue weighted by Crippen LogP contribution is -2.36. The lowest BCUT2D eigenvalue weighted by atomic mass is 10.0. The molecule has 1 unspecified atom stereocenters. The molecule has 0 radical (unpaired) electrons. The van der Waals surface area contributed by atoms with E-state index in [4.69, 9.17) is 0 Å². The Bertz CT molecular complexity index is 632. The summed E-state index contributed by atoms with van der Waals surface area (Å²) < 4.78 is 0. The third kappa shape index (κ3) is 3.73. The van der Waals surface area contributed by atoms with Crippen LogP contribution in [0.2, 0.25) is 0 Å². The molecule has 4 heteroatoms. The molecule has 1 amide bonds. The van der Waals surface area contributed by atoms with Gasteiger partial charge in [0.15, 0.2) is 0 Å². The number of allylic oxidation sites excluding steroid dienone is 2. The number of nitriles is 1. The topological polar surface area (TPSA) is 47.3 Å². The highest BCUT2D eigenvalue weighted by Gasteiger charge is 2.23. The van der Waals surface area contributed by atoms with Crippen molar-refractivity contribution in [2.45, 2.75) is 25.7 Å². The second-order valence-electron chi connectivity index (χ2n) is 6.32. The van der Waals surface area contributed by atoms with Crippen molar-refractivity contribution in [3.05, 3.63) is 42.0 Å². The summed E-state index contributed by atoms with van der Waals surface area (Å²) >= 11 is 0. The van der Waals surface area contributed by atoms with Gasteiger partial charge in [-0.15, -0.1) is 0 Å². The predicted molar refractivity (Wildman–Crippen MR) is 91.0 cm³/mol. The van der Waals surface area contributed by atoms with Crippen LogP contribution >= 0.6 is 0 Å². The number of anilines is 1. The Morgan fingerprint density at radius 2 is 2.09 bits per heavy atom. The van der Waals surface area contributed by atoms with E-state index in [1.54, 1.807) is 0 Å². The molecular formula is C19H23N3O. The zero-order chi connectivity index (χ0) is 16.1. The first-order valence-electron chi connectivity index (χ1n) is 8.46. The summed E-state index contributed by atoms with van der Waals surface area (Å²) in [5.41, 5.74) is 1.70. The predicted octanol–water partition coefficient (Wildman–Crippen LogP) is 2.95. The van der Waals surface area contributed by atoms with E-state index in [0.29, 0.717) is 17.9 Å². The largest absolute Gasteiger partial charge is 0.369 e. The molecule has 4 nitrogen and oxygen atoms in total. The molecule has 23 heavy (non-hydrogen) atoms. The smallest absolute Gasteiger partial charge is 0.223 e. The average molecular weight is 309 g/mol. The summed E-state index contributed by atoms with van der Waals surface area (Å²) in [4.78, 5) is 16.7. The van der Waals surface area contributed by atoms with Gasteiger partial charge in [-0.1, -0.05) is 24.3 Å². The van der Waals surface area contributed by atoms with Gasteiger partial charge < -0.3 is 9.80 Å². The molecule has 1 aliphatic heterocycles. The summed E-state index contributed by atoms with van der Waals surface area (Å²) in [6, 6.07) is 9.98. The molecule has 0 N–H and O–H groups in total. The molecule has 1 fully saturated rings. The van der Waals surface area contributed by atoms with Crippen LogP contribution in [0.4, 0.5) is 5.69 Å². The fraction of sp³-hybridized carbons (Fsp3) is 0.474. The average Bonchev–Trinajstić information content (AvgIpc) is 2.96. The Labute approximate surface area is 138 Å². The highest BCUT2D eigenvalue weighted by atomic mass is 16.2. The molecule has 0 saturated carbocycles. The van der Waals surface area contributed by atoms with Crippen molar-refractivity contribution < 1.29 is 4.79 Å². The molecule has 1 heterocycles. The number of amides is 1. The Hall–Kier alpha value is -2.28. The quantitative estimate of drug-likeness (QED) is 0.807. The van der Waals surface area contributed by atoms with Crippen LogP contribution in [0.25, 0.3) is 0 Å². The SMILES string of the molecule is N#Cc1ccccc1N1CCCN(C(=O)CC2C=CCC2)CC1. The van der Waals surface area contributed by atoms with Crippen molar-refractivity contribution in [2.24, 2.45) is 5.92 Å². The van der Waals surface area contributed by atoms with Crippen LogP contribution < -0.4 is 4.90 Å². The van der Waals surface area contributed by atoms with Crippen LogP contribution in [-0.4, -0.2) is 37.0 Å². The van der Waals surface area contributed by atoms with E-state index in [-0.39, 0.29) is 5.91 Å². The van der Waals surface area contributed by atoms with E-state index in [1.807, 2.05) is 29.2 Å². The van der Waals surface area contributed by atoms with Crippen molar-refractivity contribution in [3.63, 3.8) is 0 Å². The van der Waals surface area contributed by atoms with Crippen molar-refractivity contribution >= 4 is 11.6 Å². The molecule has 1 aromatic carbocycles. The molecule has 2 aliphatic rings. The van der Waals surface area contributed by atoms with Gasteiger partial charge in [-0.3, -0.25) is 4.79 Å². The Kier molecular flexibility index (Phi) is 4.97. The van der Waals surface area contributed by atoms with Crippen molar-refractivity contribution in [1.29, 1.82) is 5.26 Å². The van der Waals surface area contributed by atoms with E-state index in [0.717, 1.165) is 51.1 Å². The fourth-order valence-corrected chi connectivity index (χ4v) is 3.47. The van der Waals surface area contributed by atoms with E-state index in [2.05, 4.69) is 23.1 Å². The molecule has 1 aliphatic carbocycles. The van der Waals surface area contributed by atoms with E-state index >= 15 is 0 Å². The number of carbonyl (C=O) groups excluding carboxylic acids is 1. The van der Waals surface area contributed by atoms with Crippen molar-refractivity contribution in [1.82, 2.24) is 4.90 Å². The zero-order valence-electron chi connectivity index (χ0n) is 13.4. The first-order chi connectivity index (χ1) is 11.3. The van der Waals surface area contributed by atoms with Gasteiger partial charge >= 0.3 is 0 Å². The number of para-hydroxylation sites is 1. The summed E-state index contributed by atoms with van der Waals surface area (Å²) in [6.45, 7) is 3.26. The number of nitrogens with zero attached hydrogens (tertiary/aromatic N) is 3. The molecule has 1 aromatic rings. The van der Waals surface area contributed by atoms with E-state index in [9.17, 15) is 10.1 Å². The summed E-state index contributed by atoms with van der Waals surface area (Å²) in [6.07, 6.45) is 8.18. The summed E-state index contributed by atoms with van der Waals surface area (Å²) in [5.74, 6) is 0.707. The second-order valence-corrected chi connectivity index (χ2v) is 6.32. The Balaban J connectivity index is 1.62. The first kappa shape index (κ1) is 15.6. The number of hydrogen-bond acceptors (Lipinski definition) is 3. The van der Waals surface area contributed by atoms with Crippen LogP contribution in [-0.2, 0) is 4.79 Å². The Morgan fingerprint density at radius 1 is 1.22 bits per heavy atom. The maximum absolute atomic E-state index is 12.5. The molecular weight excluding hydrogens is 286 g/mol. The minimum Gasteiger partial charge on any atom is -0.369 e. The highest BCUT2D eigenvalue weighted by Crippen LogP contribution is 2.23. The van der Waals surface area contributed by atoms with Gasteiger partial charge in [-0.25, -0.2) is 0 Å². The van der Waals surface area contributed by atoms with Crippen LogP contribution in [0.1, 0.15) is 31.2 Å². The van der Waals surface area contributed by atoms with Gasteiger partial charge in [0.2, 0.25) is 5.91 Å². The minimum atomic E-state index is 0.275. The van der Waals surface area contributed by atoms with Crippen LogP contribution in [0.5, 0.6) is 0 Å². The molecule has 0 bridgehead atoms. The summed E-state index contributed by atoms with van der Waals surface area (Å²) in [7, 11) is 0. The van der Waals surface area contributed by atoms with Gasteiger partial charge in [0, 0.05) is 32.6 Å². The standard InChI is InChI=1S/C19H23N3O/c20-15-17-8-3-4-9-18(17)21-10-5-11-22(13-12-21)19(23)14-16-6-1-2-7-16/h1,3-4,6,8-9,16H,2,5,7,10-14H2. The normalized spacial score (nSPS) is 21.1. The summed E-state index contributed by atoms with van der Waals surface area (Å²) in [5, 5.41) is 9.27. The van der Waals surface area contributed by atoms with E-state index < -0.39 is 0 Å². The van der Waals surface area contributed by atoms with Gasteiger partial charge in [-0.2, -0.15) is 5.26 Å². The lowest BCUT2D eigenvalue weighted by molar-refractivity contribution is -0.131. The van der Waals surface area contributed by atoms with Gasteiger partial charge in [0.05, 0.1) is 11.3 Å². The third-order valence-corrected chi connectivity index (χ3v) is 4.76. The van der Waals surface area contributed by atoms with Gasteiger partial charge in [0.25, 0.3) is 0 Å². The van der Waals surface area contributed by atoms with Crippen LogP contribution in [0.3, 0.4) is 0 Å². The maximum atomic E-state index is 12.5. The molecule has 3 rings (SSSR count). The zero-order valence-corrected chi connectivity index (χ0v) is 13.4. The molecule has 1 atom stereocenters. The number of benzene rings is 1. The molecule has 0 aromatic heterocycles. The van der Waals surface area contributed by atoms with Crippen molar-refractivity contribution in [3.8, 4) is 6.07 Å². The van der Waals surface area contributed by atoms with Crippen LogP contribution in [0.15, 0.2) is 36.4 Å². The highest BCUT2D eigenvalue weighted by molar-refractivity contribution is 5.77. The monoisotopic (exact) mass is 309 g/mol. The second kappa shape index (κ2) is 7.32. The first-order valence-corrected chi connectivity index (χ1v) is 8.46. The molecule has 0 spiro atoms.